The van der Waals surface area contributed by atoms with Gasteiger partial charge in [0, 0.05) is 12.1 Å². The largest absolute Gasteiger partial charge is 0.454 e. The molecule has 2 N–H and O–H groups in total. The second kappa shape index (κ2) is 9.44. The van der Waals surface area contributed by atoms with Crippen LogP contribution >= 0.6 is 11.6 Å². The number of para-hydroxylation sites is 1. The average Bonchev–Trinajstić information content (AvgIpc) is 3.27. The van der Waals surface area contributed by atoms with E-state index in [1.807, 2.05) is 0 Å². The lowest BCUT2D eigenvalue weighted by atomic mass is 10.1. The normalized spacial score (nSPS) is 12.5. The number of fused-ring (bicyclic) bond motifs is 1. The standard InChI is InChI=1S/C20H14ClN5O8S/c21-14-3-1-2-4-15(14)24-35(31,32)20-8-13(25(27)28)5-6-16(20)23-22-10-12-7-18-19(34-11-33-18)9-17(12)26(29)30/h1-10,23-24H,11H2. The lowest BCUT2D eigenvalue weighted by molar-refractivity contribution is -0.385. The zero-order valence-corrected chi connectivity index (χ0v) is 18.9. The Kier molecular flexibility index (Phi) is 6.40. The summed E-state index contributed by atoms with van der Waals surface area (Å²) in [6, 6.07) is 11.6. The van der Waals surface area contributed by atoms with E-state index in [1.54, 1.807) is 12.1 Å². The van der Waals surface area contributed by atoms with E-state index in [9.17, 15) is 28.6 Å². The van der Waals surface area contributed by atoms with E-state index in [-0.39, 0.29) is 45.9 Å². The third kappa shape index (κ3) is 5.07. The van der Waals surface area contributed by atoms with Gasteiger partial charge >= 0.3 is 0 Å². The minimum Gasteiger partial charge on any atom is -0.454 e. The number of halogens is 1. The number of hydrogen-bond acceptors (Lipinski definition) is 10. The summed E-state index contributed by atoms with van der Waals surface area (Å²) in [6.07, 6.45) is 1.08. The first-order valence-corrected chi connectivity index (χ1v) is 11.4. The molecule has 35 heavy (non-hydrogen) atoms. The number of hydrazone groups is 1. The van der Waals surface area contributed by atoms with Gasteiger partial charge in [0.1, 0.15) is 4.90 Å². The number of sulfonamides is 1. The second-order valence-corrected chi connectivity index (χ2v) is 8.97. The molecule has 1 aliphatic rings. The molecule has 0 unspecified atom stereocenters. The molecular weight excluding hydrogens is 506 g/mol. The van der Waals surface area contributed by atoms with Gasteiger partial charge in [-0.2, -0.15) is 5.10 Å². The zero-order valence-electron chi connectivity index (χ0n) is 17.4. The van der Waals surface area contributed by atoms with Crippen LogP contribution in [0.5, 0.6) is 11.5 Å². The van der Waals surface area contributed by atoms with Crippen LogP contribution in [0.4, 0.5) is 22.7 Å². The monoisotopic (exact) mass is 519 g/mol. The molecule has 0 saturated heterocycles. The fourth-order valence-corrected chi connectivity index (χ4v) is 4.56. The van der Waals surface area contributed by atoms with Crippen LogP contribution in [0.25, 0.3) is 0 Å². The molecule has 1 heterocycles. The smallest absolute Gasteiger partial charge is 0.282 e. The quantitative estimate of drug-likeness (QED) is 0.251. The van der Waals surface area contributed by atoms with Crippen LogP contribution < -0.4 is 19.6 Å². The maximum Gasteiger partial charge on any atom is 0.282 e. The fraction of sp³-hybridized carbons (Fsp3) is 0.0500. The molecule has 0 atom stereocenters. The van der Waals surface area contributed by atoms with Crippen molar-refractivity contribution < 1.29 is 27.7 Å². The van der Waals surface area contributed by atoms with Crippen molar-refractivity contribution in [1.82, 2.24) is 0 Å². The maximum atomic E-state index is 13.0. The predicted molar refractivity (Wildman–Crippen MR) is 126 cm³/mol. The molecule has 0 aliphatic carbocycles. The Labute approximate surface area is 202 Å². The van der Waals surface area contributed by atoms with E-state index >= 15 is 0 Å². The number of benzene rings is 3. The van der Waals surface area contributed by atoms with Crippen LogP contribution in [0.3, 0.4) is 0 Å². The molecular formula is C20H14ClN5O8S. The highest BCUT2D eigenvalue weighted by molar-refractivity contribution is 7.93. The van der Waals surface area contributed by atoms with Gasteiger partial charge in [0.25, 0.3) is 21.4 Å². The number of nitrogens with zero attached hydrogens (tertiary/aromatic N) is 3. The summed E-state index contributed by atoms with van der Waals surface area (Å²) in [6.45, 7) is -0.0895. The first-order chi connectivity index (χ1) is 16.7. The van der Waals surface area contributed by atoms with Crippen molar-refractivity contribution in [3.05, 3.63) is 85.4 Å². The molecule has 15 heteroatoms. The fourth-order valence-electron chi connectivity index (χ4n) is 3.06. The summed E-state index contributed by atoms with van der Waals surface area (Å²) in [5, 5.41) is 26.6. The van der Waals surface area contributed by atoms with Crippen molar-refractivity contribution >= 4 is 50.6 Å². The van der Waals surface area contributed by atoms with Gasteiger partial charge in [-0.1, -0.05) is 23.7 Å². The zero-order chi connectivity index (χ0) is 25.2. The van der Waals surface area contributed by atoms with Gasteiger partial charge in [-0.05, 0) is 24.3 Å². The van der Waals surface area contributed by atoms with Crippen molar-refractivity contribution in [2.75, 3.05) is 16.9 Å². The number of nitro benzene ring substituents is 2. The van der Waals surface area contributed by atoms with Gasteiger partial charge in [-0.15, -0.1) is 0 Å². The van der Waals surface area contributed by atoms with E-state index in [4.69, 9.17) is 21.1 Å². The van der Waals surface area contributed by atoms with Crippen molar-refractivity contribution in [1.29, 1.82) is 0 Å². The molecule has 1 aliphatic heterocycles. The Bertz CT molecular complexity index is 1480. The summed E-state index contributed by atoms with van der Waals surface area (Å²) < 4.78 is 38.7. The van der Waals surface area contributed by atoms with Crippen LogP contribution in [0.15, 0.2) is 64.6 Å². The summed E-state index contributed by atoms with van der Waals surface area (Å²) in [7, 11) is -4.37. The van der Waals surface area contributed by atoms with E-state index < -0.39 is 30.5 Å². The first-order valence-electron chi connectivity index (χ1n) is 9.58. The number of hydrogen-bond donors (Lipinski definition) is 2. The Balaban J connectivity index is 1.68. The Morgan fingerprint density at radius 3 is 2.37 bits per heavy atom. The first kappa shape index (κ1) is 23.7. The summed E-state index contributed by atoms with van der Waals surface area (Å²) in [5.74, 6) is 0.482. The van der Waals surface area contributed by atoms with Crippen LogP contribution in [0.1, 0.15) is 5.56 Å². The van der Waals surface area contributed by atoms with E-state index in [0.29, 0.717) is 0 Å². The molecule has 0 spiro atoms. The molecule has 4 rings (SSSR count). The van der Waals surface area contributed by atoms with Gasteiger partial charge in [-0.25, -0.2) is 8.42 Å². The molecule has 0 fully saturated rings. The summed E-state index contributed by atoms with van der Waals surface area (Å²) in [5.41, 5.74) is 1.64. The summed E-state index contributed by atoms with van der Waals surface area (Å²) >= 11 is 6.02. The minimum absolute atomic E-state index is 0.0484. The summed E-state index contributed by atoms with van der Waals surface area (Å²) in [4.78, 5) is 20.7. The van der Waals surface area contributed by atoms with Crippen LogP contribution in [0.2, 0.25) is 5.02 Å². The van der Waals surface area contributed by atoms with Crippen molar-refractivity contribution in [2.24, 2.45) is 5.10 Å². The van der Waals surface area contributed by atoms with Gasteiger partial charge in [0.05, 0.1) is 44.1 Å². The topological polar surface area (TPSA) is 175 Å². The SMILES string of the molecule is O=[N+]([O-])c1ccc(NN=Cc2cc3c(cc2[N+](=O)[O-])OCO3)c(S(=O)(=O)Nc2ccccc2Cl)c1. The molecule has 0 radical (unpaired) electrons. The highest BCUT2D eigenvalue weighted by Gasteiger charge is 2.24. The molecule has 3 aromatic carbocycles. The van der Waals surface area contributed by atoms with Crippen LogP contribution in [-0.4, -0.2) is 31.3 Å². The highest BCUT2D eigenvalue weighted by atomic mass is 35.5. The van der Waals surface area contributed by atoms with Crippen LogP contribution in [0, 0.1) is 20.2 Å². The van der Waals surface area contributed by atoms with Crippen molar-refractivity contribution in [3.8, 4) is 11.5 Å². The molecule has 0 amide bonds. The van der Waals surface area contributed by atoms with E-state index in [2.05, 4.69) is 15.2 Å². The third-order valence-electron chi connectivity index (χ3n) is 4.69. The molecule has 13 nitrogen and oxygen atoms in total. The minimum atomic E-state index is -4.37. The van der Waals surface area contributed by atoms with E-state index in [0.717, 1.165) is 24.4 Å². The number of nitro groups is 2. The maximum absolute atomic E-state index is 13.0. The Hall–Kier alpha value is -4.43. The van der Waals surface area contributed by atoms with Gasteiger partial charge < -0.3 is 9.47 Å². The van der Waals surface area contributed by atoms with Crippen LogP contribution in [-0.2, 0) is 10.0 Å². The predicted octanol–water partition coefficient (Wildman–Crippen LogP) is 4.13. The number of non-ortho nitro benzene ring substituents is 1. The number of ether oxygens (including phenoxy) is 2. The van der Waals surface area contributed by atoms with Crippen molar-refractivity contribution in [2.45, 2.75) is 4.90 Å². The lowest BCUT2D eigenvalue weighted by Gasteiger charge is -2.13. The molecule has 0 bridgehead atoms. The number of rotatable bonds is 8. The molecule has 0 aromatic heterocycles. The third-order valence-corrected chi connectivity index (χ3v) is 6.43. The van der Waals surface area contributed by atoms with Gasteiger partial charge in [0.2, 0.25) is 6.79 Å². The van der Waals surface area contributed by atoms with Crippen molar-refractivity contribution in [3.63, 3.8) is 0 Å². The molecule has 3 aromatic rings. The molecule has 0 saturated carbocycles. The number of anilines is 2. The molecule has 180 valence electrons. The lowest BCUT2D eigenvalue weighted by Crippen LogP contribution is -2.15. The Morgan fingerprint density at radius 1 is 0.971 bits per heavy atom. The van der Waals surface area contributed by atoms with E-state index in [1.165, 1.54) is 24.3 Å². The highest BCUT2D eigenvalue weighted by Crippen LogP contribution is 2.37. The number of nitrogens with one attached hydrogen (secondary N) is 2. The van der Waals surface area contributed by atoms with Gasteiger partial charge in [0.15, 0.2) is 11.5 Å². The Morgan fingerprint density at radius 2 is 1.69 bits per heavy atom. The average molecular weight is 520 g/mol. The second-order valence-electron chi connectivity index (χ2n) is 6.91. The van der Waals surface area contributed by atoms with Gasteiger partial charge in [-0.3, -0.25) is 30.4 Å².